The molecule has 1 saturated heterocycles. The molecule has 0 spiro atoms. The molecule has 5 nitrogen and oxygen atoms in total. The lowest BCUT2D eigenvalue weighted by Gasteiger charge is -2.22. The zero-order chi connectivity index (χ0) is 19.7. The van der Waals surface area contributed by atoms with Crippen LogP contribution in [0, 0.1) is 17.8 Å². The summed E-state index contributed by atoms with van der Waals surface area (Å²) < 4.78 is 0. The zero-order valence-corrected chi connectivity index (χ0v) is 15.7. The third kappa shape index (κ3) is 3.24. The number of allylic oxidation sites excluding steroid dienone is 2. The number of anilines is 1. The van der Waals surface area contributed by atoms with Gasteiger partial charge in [-0.05, 0) is 36.1 Å². The number of hydrogen-bond acceptors (Lipinski definition) is 3. The molecule has 0 aromatic heterocycles. The van der Waals surface area contributed by atoms with Crippen molar-refractivity contribution in [3.8, 4) is 0 Å². The Kier molecular flexibility index (Phi) is 4.82. The van der Waals surface area contributed by atoms with E-state index in [-0.39, 0.29) is 35.5 Å². The molecule has 0 unspecified atom stereocenters. The quantitative estimate of drug-likeness (QED) is 0.659. The summed E-state index contributed by atoms with van der Waals surface area (Å²) in [5.74, 6) is -1.16. The Balaban J connectivity index is 1.53. The summed E-state index contributed by atoms with van der Waals surface area (Å²) in [6.45, 7) is 2.38. The standard InChI is InChI=1S/C23H22N2O3/c1-15-7-5-12-19-20(15)23(28)25(22(19)27)18-11-6-10-17(13-18)21(26)24-14-16-8-3-2-4-9-16/h2-11,13,15,19-20H,12,14H2,1H3,(H,24,26)/t15-,19+,20+/m1/s1. The molecule has 0 saturated carbocycles. The Morgan fingerprint density at radius 3 is 2.61 bits per heavy atom. The molecule has 142 valence electrons. The zero-order valence-electron chi connectivity index (χ0n) is 15.7. The van der Waals surface area contributed by atoms with Gasteiger partial charge >= 0.3 is 0 Å². The highest BCUT2D eigenvalue weighted by Crippen LogP contribution is 2.40. The van der Waals surface area contributed by atoms with Crippen molar-refractivity contribution in [3.63, 3.8) is 0 Å². The van der Waals surface area contributed by atoms with E-state index in [4.69, 9.17) is 0 Å². The maximum Gasteiger partial charge on any atom is 0.251 e. The summed E-state index contributed by atoms with van der Waals surface area (Å²) in [4.78, 5) is 39.6. The van der Waals surface area contributed by atoms with Gasteiger partial charge in [-0.3, -0.25) is 19.3 Å². The minimum Gasteiger partial charge on any atom is -0.348 e. The number of nitrogens with one attached hydrogen (secondary N) is 1. The highest BCUT2D eigenvalue weighted by Gasteiger charge is 2.50. The van der Waals surface area contributed by atoms with E-state index in [0.29, 0.717) is 24.2 Å². The van der Waals surface area contributed by atoms with Gasteiger partial charge in [0.2, 0.25) is 11.8 Å². The fourth-order valence-corrected chi connectivity index (χ4v) is 4.07. The molecule has 0 bridgehead atoms. The Morgan fingerprint density at radius 2 is 1.86 bits per heavy atom. The number of amides is 3. The van der Waals surface area contributed by atoms with Crippen LogP contribution in [0.15, 0.2) is 66.7 Å². The van der Waals surface area contributed by atoms with Crippen LogP contribution in [0.2, 0.25) is 0 Å². The topological polar surface area (TPSA) is 66.5 Å². The number of carbonyl (C=O) groups is 3. The second-order valence-corrected chi connectivity index (χ2v) is 7.39. The first-order chi connectivity index (χ1) is 13.6. The van der Waals surface area contributed by atoms with Gasteiger partial charge in [0, 0.05) is 12.1 Å². The summed E-state index contributed by atoms with van der Waals surface area (Å²) in [7, 11) is 0. The predicted octanol–water partition coefficient (Wildman–Crippen LogP) is 3.32. The Labute approximate surface area is 164 Å². The molecule has 1 aliphatic carbocycles. The van der Waals surface area contributed by atoms with E-state index in [1.165, 1.54) is 4.90 Å². The Hall–Kier alpha value is -3.21. The number of fused-ring (bicyclic) bond motifs is 1. The van der Waals surface area contributed by atoms with Crippen LogP contribution < -0.4 is 10.2 Å². The maximum atomic E-state index is 12.9. The lowest BCUT2D eigenvalue weighted by Crippen LogP contribution is -2.32. The average molecular weight is 374 g/mol. The van der Waals surface area contributed by atoms with Crippen LogP contribution in [0.4, 0.5) is 5.69 Å². The van der Waals surface area contributed by atoms with Gasteiger partial charge in [0.05, 0.1) is 17.5 Å². The van der Waals surface area contributed by atoms with Crippen molar-refractivity contribution < 1.29 is 14.4 Å². The summed E-state index contributed by atoms with van der Waals surface area (Å²) in [5.41, 5.74) is 1.89. The fraction of sp³-hybridized carbons (Fsp3) is 0.261. The van der Waals surface area contributed by atoms with Crippen LogP contribution in [0.1, 0.15) is 29.3 Å². The van der Waals surface area contributed by atoms with Gasteiger partial charge in [-0.15, -0.1) is 0 Å². The minimum atomic E-state index is -0.312. The Morgan fingerprint density at radius 1 is 1.07 bits per heavy atom. The molecule has 1 aliphatic heterocycles. The molecule has 1 fully saturated rings. The highest BCUT2D eigenvalue weighted by molar-refractivity contribution is 6.22. The molecule has 3 atom stereocenters. The van der Waals surface area contributed by atoms with Crippen LogP contribution >= 0.6 is 0 Å². The van der Waals surface area contributed by atoms with E-state index in [9.17, 15) is 14.4 Å². The van der Waals surface area contributed by atoms with Crippen molar-refractivity contribution in [2.24, 2.45) is 17.8 Å². The average Bonchev–Trinajstić information content (AvgIpc) is 2.98. The largest absolute Gasteiger partial charge is 0.348 e. The van der Waals surface area contributed by atoms with Crippen LogP contribution in [0.3, 0.4) is 0 Å². The van der Waals surface area contributed by atoms with Gasteiger partial charge in [-0.25, -0.2) is 0 Å². The predicted molar refractivity (Wildman–Crippen MR) is 106 cm³/mol. The van der Waals surface area contributed by atoms with E-state index in [1.54, 1.807) is 24.3 Å². The summed E-state index contributed by atoms with van der Waals surface area (Å²) >= 11 is 0. The number of imide groups is 1. The molecule has 1 N–H and O–H groups in total. The number of carbonyl (C=O) groups excluding carboxylic acids is 3. The van der Waals surface area contributed by atoms with Gasteiger partial charge < -0.3 is 5.32 Å². The number of rotatable bonds is 4. The molecule has 2 aromatic carbocycles. The lowest BCUT2D eigenvalue weighted by molar-refractivity contribution is -0.122. The van der Waals surface area contributed by atoms with Crippen molar-refractivity contribution in [1.82, 2.24) is 5.32 Å². The summed E-state index contributed by atoms with van der Waals surface area (Å²) in [6, 6.07) is 16.4. The smallest absolute Gasteiger partial charge is 0.251 e. The van der Waals surface area contributed by atoms with Crippen LogP contribution in [0.5, 0.6) is 0 Å². The molecule has 0 radical (unpaired) electrons. The highest BCUT2D eigenvalue weighted by atomic mass is 16.2. The molecule has 1 heterocycles. The normalized spacial score (nSPS) is 23.6. The van der Waals surface area contributed by atoms with Crippen molar-refractivity contribution in [1.29, 1.82) is 0 Å². The van der Waals surface area contributed by atoms with Crippen molar-refractivity contribution in [2.45, 2.75) is 19.9 Å². The molecular formula is C23H22N2O3. The van der Waals surface area contributed by atoms with Crippen molar-refractivity contribution in [3.05, 3.63) is 77.9 Å². The number of nitrogens with zero attached hydrogens (tertiary/aromatic N) is 1. The molecule has 3 amide bonds. The van der Waals surface area contributed by atoms with Gasteiger partial charge in [0.25, 0.3) is 5.91 Å². The van der Waals surface area contributed by atoms with Crippen LogP contribution in [-0.4, -0.2) is 17.7 Å². The Bertz CT molecular complexity index is 951. The van der Waals surface area contributed by atoms with Gasteiger partial charge in [-0.2, -0.15) is 0 Å². The third-order valence-corrected chi connectivity index (χ3v) is 5.54. The minimum absolute atomic E-state index is 0.0394. The molecule has 2 aromatic rings. The van der Waals surface area contributed by atoms with Crippen LogP contribution in [0.25, 0.3) is 0 Å². The fourth-order valence-electron chi connectivity index (χ4n) is 4.07. The number of hydrogen-bond donors (Lipinski definition) is 1. The number of benzene rings is 2. The lowest BCUT2D eigenvalue weighted by atomic mass is 9.78. The van der Waals surface area contributed by atoms with E-state index in [0.717, 1.165) is 5.56 Å². The van der Waals surface area contributed by atoms with Crippen molar-refractivity contribution >= 4 is 23.4 Å². The first-order valence-corrected chi connectivity index (χ1v) is 9.53. The first-order valence-electron chi connectivity index (χ1n) is 9.53. The van der Waals surface area contributed by atoms with E-state index < -0.39 is 0 Å². The SMILES string of the molecule is C[C@@H]1C=CC[C@@H]2C(=O)N(c3cccc(C(=O)NCc4ccccc4)c3)C(=O)[C@@H]12. The van der Waals surface area contributed by atoms with Crippen LogP contribution in [-0.2, 0) is 16.1 Å². The van der Waals surface area contributed by atoms with E-state index in [1.807, 2.05) is 49.4 Å². The molecule has 5 heteroatoms. The van der Waals surface area contributed by atoms with Crippen molar-refractivity contribution in [2.75, 3.05) is 4.90 Å². The second kappa shape index (κ2) is 7.43. The second-order valence-electron chi connectivity index (χ2n) is 7.39. The molecule has 4 rings (SSSR count). The third-order valence-electron chi connectivity index (χ3n) is 5.54. The first kappa shape index (κ1) is 18.2. The van der Waals surface area contributed by atoms with E-state index in [2.05, 4.69) is 5.32 Å². The summed E-state index contributed by atoms with van der Waals surface area (Å²) in [5, 5.41) is 2.88. The maximum absolute atomic E-state index is 12.9. The molecular weight excluding hydrogens is 352 g/mol. The molecule has 28 heavy (non-hydrogen) atoms. The monoisotopic (exact) mass is 374 g/mol. The molecule has 2 aliphatic rings. The van der Waals surface area contributed by atoms with Gasteiger partial charge in [0.15, 0.2) is 0 Å². The van der Waals surface area contributed by atoms with Gasteiger partial charge in [-0.1, -0.05) is 55.5 Å². The van der Waals surface area contributed by atoms with Gasteiger partial charge in [0.1, 0.15) is 0 Å². The summed E-state index contributed by atoms with van der Waals surface area (Å²) in [6.07, 6.45) is 4.57. The van der Waals surface area contributed by atoms with E-state index >= 15 is 0 Å².